The van der Waals surface area contributed by atoms with Crippen molar-refractivity contribution < 1.29 is 22.8 Å². The van der Waals surface area contributed by atoms with Gasteiger partial charge in [-0.15, -0.1) is 0 Å². The van der Waals surface area contributed by atoms with Crippen molar-refractivity contribution in [1.82, 2.24) is 4.90 Å². The minimum Gasteiger partial charge on any atom is -0.321 e. The van der Waals surface area contributed by atoms with E-state index in [4.69, 9.17) is 23.2 Å². The highest BCUT2D eigenvalue weighted by atomic mass is 35.5. The van der Waals surface area contributed by atoms with Crippen molar-refractivity contribution in [1.29, 1.82) is 0 Å². The Bertz CT molecular complexity index is 1360. The molecule has 0 fully saturated rings. The first-order chi connectivity index (χ1) is 15.4. The average molecular weight is 527 g/mol. The Morgan fingerprint density at radius 2 is 1.76 bits per heavy atom. The van der Waals surface area contributed by atoms with Gasteiger partial charge in [0.25, 0.3) is 10.0 Å². The third-order valence-corrected chi connectivity index (χ3v) is 8.42. The standard InChI is InChI=1S/C22H21Cl2N2O5PS/c1-26-12-20(19-10-15(23)11-22(24)21(19)13-26)14-3-2-4-18(9-14)33(30,31)25-16-5-7-17(8-6-16)32(27,28)29/h2-11,20,25H,12-13H2,1H3,(H2,27,28,29). The van der Waals surface area contributed by atoms with Crippen molar-refractivity contribution in [3.63, 3.8) is 0 Å². The van der Waals surface area contributed by atoms with Gasteiger partial charge in [0.15, 0.2) is 0 Å². The van der Waals surface area contributed by atoms with E-state index in [2.05, 4.69) is 9.62 Å². The summed E-state index contributed by atoms with van der Waals surface area (Å²) in [4.78, 5) is 20.6. The van der Waals surface area contributed by atoms with Crippen LogP contribution in [0.25, 0.3) is 0 Å². The quantitative estimate of drug-likeness (QED) is 0.430. The van der Waals surface area contributed by atoms with Crippen LogP contribution in [0.1, 0.15) is 22.6 Å². The second kappa shape index (κ2) is 9.04. The van der Waals surface area contributed by atoms with Crippen LogP contribution in [0.4, 0.5) is 5.69 Å². The van der Waals surface area contributed by atoms with Crippen molar-refractivity contribution >= 4 is 51.8 Å². The lowest BCUT2D eigenvalue weighted by Gasteiger charge is -2.33. The van der Waals surface area contributed by atoms with E-state index < -0.39 is 17.6 Å². The first kappa shape index (κ1) is 24.2. The van der Waals surface area contributed by atoms with Gasteiger partial charge in [-0.3, -0.25) is 9.29 Å². The van der Waals surface area contributed by atoms with Gasteiger partial charge in [-0.1, -0.05) is 35.3 Å². The summed E-state index contributed by atoms with van der Waals surface area (Å²) >= 11 is 12.7. The number of hydrogen-bond acceptors (Lipinski definition) is 4. The van der Waals surface area contributed by atoms with Crippen LogP contribution < -0.4 is 10.0 Å². The summed E-state index contributed by atoms with van der Waals surface area (Å²) in [6.07, 6.45) is 0. The molecule has 0 saturated heterocycles. The average Bonchev–Trinajstić information content (AvgIpc) is 2.73. The summed E-state index contributed by atoms with van der Waals surface area (Å²) in [7, 11) is -6.37. The molecule has 0 aliphatic carbocycles. The van der Waals surface area contributed by atoms with Crippen molar-refractivity contribution in [2.24, 2.45) is 0 Å². The van der Waals surface area contributed by atoms with Crippen molar-refractivity contribution in [2.45, 2.75) is 17.4 Å². The number of hydrogen-bond donors (Lipinski definition) is 3. The minimum atomic E-state index is -4.41. The monoisotopic (exact) mass is 526 g/mol. The van der Waals surface area contributed by atoms with Crippen LogP contribution in [0.2, 0.25) is 10.0 Å². The molecule has 3 aromatic rings. The zero-order chi connectivity index (χ0) is 24.0. The zero-order valence-corrected chi connectivity index (χ0v) is 20.7. The van der Waals surface area contributed by atoms with Crippen LogP contribution in [0.3, 0.4) is 0 Å². The third kappa shape index (κ3) is 5.28. The number of nitrogens with one attached hydrogen (secondary N) is 1. The summed E-state index contributed by atoms with van der Waals surface area (Å²) in [5.41, 5.74) is 2.94. The van der Waals surface area contributed by atoms with Gasteiger partial charge < -0.3 is 14.7 Å². The van der Waals surface area contributed by atoms with Gasteiger partial charge >= 0.3 is 7.60 Å². The smallest absolute Gasteiger partial charge is 0.321 e. The molecule has 0 saturated carbocycles. The van der Waals surface area contributed by atoms with E-state index in [1.165, 1.54) is 30.3 Å². The van der Waals surface area contributed by atoms with Gasteiger partial charge in [0.05, 0.1) is 10.2 Å². The number of fused-ring (bicyclic) bond motifs is 1. The van der Waals surface area contributed by atoms with E-state index in [-0.39, 0.29) is 21.8 Å². The van der Waals surface area contributed by atoms with E-state index in [1.54, 1.807) is 18.2 Å². The Morgan fingerprint density at radius 3 is 2.42 bits per heavy atom. The highest BCUT2D eigenvalue weighted by Crippen LogP contribution is 2.39. The first-order valence-electron chi connectivity index (χ1n) is 9.89. The van der Waals surface area contributed by atoms with Crippen LogP contribution >= 0.6 is 30.8 Å². The molecule has 1 aliphatic rings. The van der Waals surface area contributed by atoms with E-state index in [0.29, 0.717) is 23.1 Å². The van der Waals surface area contributed by atoms with Crippen LogP contribution in [0.5, 0.6) is 0 Å². The molecule has 33 heavy (non-hydrogen) atoms. The first-order valence-corrected chi connectivity index (χ1v) is 13.7. The number of benzene rings is 3. The van der Waals surface area contributed by atoms with Crippen molar-refractivity contribution in [2.75, 3.05) is 18.3 Å². The minimum absolute atomic E-state index is 0.0713. The Hall–Kier alpha value is -1.90. The van der Waals surface area contributed by atoms with Crippen LogP contribution in [-0.4, -0.2) is 36.7 Å². The predicted molar refractivity (Wildman–Crippen MR) is 130 cm³/mol. The zero-order valence-electron chi connectivity index (χ0n) is 17.4. The molecule has 0 radical (unpaired) electrons. The molecule has 0 spiro atoms. The fourth-order valence-corrected chi connectivity index (χ4v) is 6.19. The fourth-order valence-electron chi connectivity index (χ4n) is 3.97. The Kier molecular flexibility index (Phi) is 6.64. The molecule has 1 aliphatic heterocycles. The number of sulfonamides is 1. The SMILES string of the molecule is CN1Cc2c(Cl)cc(Cl)cc2C(c2cccc(S(=O)(=O)Nc3ccc(P(=O)(O)O)cc3)c2)C1. The Balaban J connectivity index is 1.67. The van der Waals surface area contributed by atoms with Crippen LogP contribution in [0, 0.1) is 0 Å². The summed E-state index contributed by atoms with van der Waals surface area (Å²) in [5, 5.41) is 0.917. The van der Waals surface area contributed by atoms with Crippen LogP contribution in [-0.2, 0) is 21.1 Å². The molecule has 4 rings (SSSR count). The number of halogens is 2. The van der Waals surface area contributed by atoms with Gasteiger partial charge in [0.2, 0.25) is 0 Å². The van der Waals surface area contributed by atoms with Gasteiger partial charge in [-0.05, 0) is 72.3 Å². The molecule has 174 valence electrons. The topological polar surface area (TPSA) is 107 Å². The molecule has 1 unspecified atom stereocenters. The lowest BCUT2D eigenvalue weighted by Crippen LogP contribution is -2.31. The van der Waals surface area contributed by atoms with E-state index >= 15 is 0 Å². The Morgan fingerprint density at radius 1 is 1.06 bits per heavy atom. The van der Waals surface area contributed by atoms with Gasteiger partial charge in [0, 0.05) is 34.7 Å². The second-order valence-corrected chi connectivity index (χ2v) is 12.1. The van der Waals surface area contributed by atoms with E-state index in [1.807, 2.05) is 19.2 Å². The van der Waals surface area contributed by atoms with Crippen molar-refractivity contribution in [3.05, 3.63) is 87.4 Å². The van der Waals surface area contributed by atoms with Gasteiger partial charge in [-0.25, -0.2) is 8.42 Å². The third-order valence-electron chi connectivity index (χ3n) is 5.52. The van der Waals surface area contributed by atoms with Crippen molar-refractivity contribution in [3.8, 4) is 0 Å². The normalized spacial score (nSPS) is 16.9. The highest BCUT2D eigenvalue weighted by Gasteiger charge is 2.28. The van der Waals surface area contributed by atoms with E-state index in [9.17, 15) is 22.8 Å². The number of nitrogens with zero attached hydrogens (tertiary/aromatic N) is 1. The summed E-state index contributed by atoms with van der Waals surface area (Å²) in [5.74, 6) is -0.118. The molecule has 0 bridgehead atoms. The van der Waals surface area contributed by atoms with E-state index in [0.717, 1.165) is 16.7 Å². The maximum Gasteiger partial charge on any atom is 0.356 e. The molecule has 11 heteroatoms. The van der Waals surface area contributed by atoms with Gasteiger partial charge in [-0.2, -0.15) is 0 Å². The molecule has 3 aromatic carbocycles. The maximum atomic E-state index is 13.0. The molecular formula is C22H21Cl2N2O5PS. The summed E-state index contributed by atoms with van der Waals surface area (Å²) in [6, 6.07) is 15.3. The molecule has 3 N–H and O–H groups in total. The summed E-state index contributed by atoms with van der Waals surface area (Å²) in [6.45, 7) is 1.34. The lowest BCUT2D eigenvalue weighted by atomic mass is 9.85. The molecule has 0 amide bonds. The highest BCUT2D eigenvalue weighted by molar-refractivity contribution is 7.92. The maximum absolute atomic E-state index is 13.0. The molecule has 0 aromatic heterocycles. The van der Waals surface area contributed by atoms with Gasteiger partial charge in [0.1, 0.15) is 0 Å². The largest absolute Gasteiger partial charge is 0.356 e. The lowest BCUT2D eigenvalue weighted by molar-refractivity contribution is 0.295. The predicted octanol–water partition coefficient (Wildman–Crippen LogP) is 4.17. The number of likely N-dealkylation sites (N-methyl/N-ethyl adjacent to an activating group) is 1. The molecule has 1 atom stereocenters. The second-order valence-electron chi connectivity index (χ2n) is 7.97. The molecular weight excluding hydrogens is 506 g/mol. The molecule has 1 heterocycles. The summed E-state index contributed by atoms with van der Waals surface area (Å²) < 4.78 is 39.8. The fraction of sp³-hybridized carbons (Fsp3) is 0.182. The van der Waals surface area contributed by atoms with Crippen LogP contribution in [0.15, 0.2) is 65.6 Å². The number of anilines is 1. The number of rotatable bonds is 5. The molecule has 7 nitrogen and oxygen atoms in total. The Labute approximate surface area is 202 Å².